The predicted molar refractivity (Wildman–Crippen MR) is 129 cm³/mol. The van der Waals surface area contributed by atoms with Crippen molar-refractivity contribution in [2.24, 2.45) is 10.9 Å². The van der Waals surface area contributed by atoms with Crippen LogP contribution in [0.3, 0.4) is 0 Å². The number of anilines is 1. The van der Waals surface area contributed by atoms with Crippen LogP contribution in [0.5, 0.6) is 0 Å². The van der Waals surface area contributed by atoms with Gasteiger partial charge in [-0.15, -0.1) is 24.0 Å². The fourth-order valence-electron chi connectivity index (χ4n) is 4.25. The molecule has 6 nitrogen and oxygen atoms in total. The summed E-state index contributed by atoms with van der Waals surface area (Å²) in [6.07, 6.45) is 2.78. The number of piperidine rings is 1. The van der Waals surface area contributed by atoms with E-state index in [4.69, 9.17) is 9.73 Å². The Balaban J connectivity index is 0.00000300. The molecule has 162 valence electrons. The van der Waals surface area contributed by atoms with Crippen LogP contribution in [0.15, 0.2) is 29.3 Å². The van der Waals surface area contributed by atoms with Crippen molar-refractivity contribution < 1.29 is 9.53 Å². The van der Waals surface area contributed by atoms with E-state index in [0.717, 1.165) is 57.9 Å². The molecular formula is C22H35IN4O2. The lowest BCUT2D eigenvalue weighted by Crippen LogP contribution is -2.47. The van der Waals surface area contributed by atoms with E-state index in [9.17, 15) is 4.79 Å². The minimum Gasteiger partial charge on any atom is -0.466 e. The lowest BCUT2D eigenvalue weighted by molar-refractivity contribution is -0.149. The number of para-hydroxylation sites is 1. The van der Waals surface area contributed by atoms with Gasteiger partial charge in [0.1, 0.15) is 0 Å². The molecule has 1 atom stereocenters. The average molecular weight is 514 g/mol. The molecule has 1 aromatic carbocycles. The van der Waals surface area contributed by atoms with Gasteiger partial charge in [-0.2, -0.15) is 0 Å². The second kappa shape index (κ2) is 11.6. The third kappa shape index (κ3) is 5.99. The van der Waals surface area contributed by atoms with E-state index in [0.29, 0.717) is 12.6 Å². The largest absolute Gasteiger partial charge is 0.466 e. The van der Waals surface area contributed by atoms with Crippen molar-refractivity contribution in [2.75, 3.05) is 44.2 Å². The van der Waals surface area contributed by atoms with Crippen molar-refractivity contribution in [3.63, 3.8) is 0 Å². The molecule has 29 heavy (non-hydrogen) atoms. The maximum atomic E-state index is 12.0. The van der Waals surface area contributed by atoms with E-state index in [-0.39, 0.29) is 35.9 Å². The van der Waals surface area contributed by atoms with Crippen LogP contribution in [0.25, 0.3) is 0 Å². The first-order chi connectivity index (χ1) is 13.6. The van der Waals surface area contributed by atoms with Crippen molar-refractivity contribution in [3.05, 3.63) is 29.8 Å². The Bertz CT molecular complexity index is 689. The zero-order valence-electron chi connectivity index (χ0n) is 17.9. The van der Waals surface area contributed by atoms with Crippen molar-refractivity contribution >= 4 is 41.6 Å². The molecule has 0 radical (unpaired) electrons. The Morgan fingerprint density at radius 3 is 2.66 bits per heavy atom. The summed E-state index contributed by atoms with van der Waals surface area (Å²) in [7, 11) is 0. The molecule has 0 bridgehead atoms. The fraction of sp³-hybridized carbons (Fsp3) is 0.636. The van der Waals surface area contributed by atoms with Gasteiger partial charge in [0.2, 0.25) is 0 Å². The van der Waals surface area contributed by atoms with Gasteiger partial charge >= 0.3 is 5.97 Å². The first-order valence-electron chi connectivity index (χ1n) is 10.7. The van der Waals surface area contributed by atoms with Gasteiger partial charge in [0.25, 0.3) is 0 Å². The zero-order valence-corrected chi connectivity index (χ0v) is 20.2. The number of carbonyl (C=O) groups is 1. The summed E-state index contributed by atoms with van der Waals surface area (Å²) in [4.78, 5) is 21.6. The second-order valence-corrected chi connectivity index (χ2v) is 7.62. The molecule has 2 aliphatic rings. The molecular weight excluding hydrogens is 479 g/mol. The summed E-state index contributed by atoms with van der Waals surface area (Å²) >= 11 is 0. The Kier molecular flexibility index (Phi) is 9.52. The summed E-state index contributed by atoms with van der Waals surface area (Å²) in [6, 6.07) is 9.21. The topological polar surface area (TPSA) is 57.2 Å². The van der Waals surface area contributed by atoms with E-state index >= 15 is 0 Å². The van der Waals surface area contributed by atoms with Gasteiger partial charge in [-0.05, 0) is 51.7 Å². The van der Waals surface area contributed by atoms with Gasteiger partial charge in [-0.25, -0.2) is 0 Å². The quantitative estimate of drug-likeness (QED) is 0.273. The summed E-state index contributed by atoms with van der Waals surface area (Å²) in [5, 5.41) is 3.42. The summed E-state index contributed by atoms with van der Waals surface area (Å²) in [5.41, 5.74) is 2.79. The number of guanidine groups is 1. The first-order valence-corrected chi connectivity index (χ1v) is 10.7. The highest BCUT2D eigenvalue weighted by molar-refractivity contribution is 14.0. The van der Waals surface area contributed by atoms with Gasteiger partial charge in [0.15, 0.2) is 5.96 Å². The highest BCUT2D eigenvalue weighted by atomic mass is 127. The number of nitrogens with zero attached hydrogens (tertiary/aromatic N) is 3. The molecule has 2 heterocycles. The van der Waals surface area contributed by atoms with Crippen LogP contribution in [-0.2, 0) is 16.0 Å². The molecule has 1 fully saturated rings. The molecule has 2 aliphatic heterocycles. The minimum absolute atomic E-state index is 0. The van der Waals surface area contributed by atoms with Gasteiger partial charge in [0.05, 0.1) is 19.1 Å². The molecule has 0 spiro atoms. The molecule has 1 unspecified atom stereocenters. The monoisotopic (exact) mass is 514 g/mol. The van der Waals surface area contributed by atoms with E-state index in [1.165, 1.54) is 11.3 Å². The summed E-state index contributed by atoms with van der Waals surface area (Å²) in [6.45, 7) is 10.9. The molecule has 1 saturated heterocycles. The molecule has 0 saturated carbocycles. The third-order valence-corrected chi connectivity index (χ3v) is 5.70. The van der Waals surface area contributed by atoms with Gasteiger partial charge in [-0.1, -0.05) is 18.2 Å². The number of halogens is 1. The lowest BCUT2D eigenvalue weighted by atomic mass is 9.97. The van der Waals surface area contributed by atoms with Crippen LogP contribution >= 0.6 is 24.0 Å². The Morgan fingerprint density at radius 2 is 1.97 bits per heavy atom. The van der Waals surface area contributed by atoms with E-state index in [1.54, 1.807) is 0 Å². The van der Waals surface area contributed by atoms with Crippen LogP contribution in [0.4, 0.5) is 5.69 Å². The van der Waals surface area contributed by atoms with E-state index in [1.807, 2.05) is 6.92 Å². The molecule has 1 N–H and O–H groups in total. The summed E-state index contributed by atoms with van der Waals surface area (Å²) in [5.74, 6) is 0.941. The number of rotatable bonds is 6. The van der Waals surface area contributed by atoms with Crippen molar-refractivity contribution in [3.8, 4) is 0 Å². The maximum Gasteiger partial charge on any atom is 0.309 e. The molecule has 0 amide bonds. The Labute approximate surface area is 192 Å². The molecule has 7 heteroatoms. The number of ether oxygens (including phenoxy) is 1. The molecule has 0 aliphatic carbocycles. The highest BCUT2D eigenvalue weighted by Crippen LogP contribution is 2.31. The average Bonchev–Trinajstić information content (AvgIpc) is 3.03. The number of hydrogen-bond acceptors (Lipinski definition) is 4. The number of fused-ring (bicyclic) bond motifs is 1. The number of aliphatic imine (C=N–C) groups is 1. The number of carbonyl (C=O) groups excluding carboxylic acids is 1. The second-order valence-electron chi connectivity index (χ2n) is 7.62. The zero-order chi connectivity index (χ0) is 19.9. The first kappa shape index (κ1) is 23.8. The number of benzene rings is 1. The molecule has 0 aromatic heterocycles. The normalized spacial score (nSPS) is 19.6. The third-order valence-electron chi connectivity index (χ3n) is 5.70. The van der Waals surface area contributed by atoms with E-state index < -0.39 is 0 Å². The van der Waals surface area contributed by atoms with Crippen LogP contribution < -0.4 is 10.2 Å². The number of likely N-dealkylation sites (tertiary alicyclic amines) is 1. The summed E-state index contributed by atoms with van der Waals surface area (Å²) < 4.78 is 5.18. The standard InChI is InChI=1S/C22H34N4O2.HI/c1-4-23-22(25-13-10-18(11-14-25)21(27)28-5-2)24-12-15-26-17(3)16-19-8-6-7-9-20(19)26;/h6-9,17-18H,4-5,10-16H2,1-3H3,(H,23,24);1H. The van der Waals surface area contributed by atoms with Crippen molar-refractivity contribution in [1.29, 1.82) is 0 Å². The molecule has 3 rings (SSSR count). The van der Waals surface area contributed by atoms with Crippen LogP contribution in [-0.4, -0.2) is 62.2 Å². The smallest absolute Gasteiger partial charge is 0.309 e. The van der Waals surface area contributed by atoms with Crippen LogP contribution in [0, 0.1) is 5.92 Å². The van der Waals surface area contributed by atoms with Crippen molar-refractivity contribution in [1.82, 2.24) is 10.2 Å². The SMILES string of the molecule is CCNC(=NCCN1c2ccccc2CC1C)N1CCC(C(=O)OCC)CC1.I. The predicted octanol–water partition coefficient (Wildman–Crippen LogP) is 3.30. The lowest BCUT2D eigenvalue weighted by Gasteiger charge is -2.33. The minimum atomic E-state index is -0.0502. The highest BCUT2D eigenvalue weighted by Gasteiger charge is 2.28. The molecule has 1 aromatic rings. The Hall–Kier alpha value is -1.51. The number of nitrogens with one attached hydrogen (secondary N) is 1. The maximum absolute atomic E-state index is 12.0. The van der Waals surface area contributed by atoms with Crippen molar-refractivity contribution in [2.45, 2.75) is 46.1 Å². The van der Waals surface area contributed by atoms with Gasteiger partial charge in [-0.3, -0.25) is 9.79 Å². The van der Waals surface area contributed by atoms with Gasteiger partial charge < -0.3 is 19.9 Å². The van der Waals surface area contributed by atoms with E-state index in [2.05, 4.69) is 53.2 Å². The Morgan fingerprint density at radius 1 is 1.24 bits per heavy atom. The van der Waals surface area contributed by atoms with Crippen LogP contribution in [0.2, 0.25) is 0 Å². The van der Waals surface area contributed by atoms with Crippen LogP contribution in [0.1, 0.15) is 39.2 Å². The fourth-order valence-corrected chi connectivity index (χ4v) is 4.25. The number of hydrogen-bond donors (Lipinski definition) is 1. The number of esters is 1. The van der Waals surface area contributed by atoms with Gasteiger partial charge in [0, 0.05) is 37.9 Å².